The van der Waals surface area contributed by atoms with Crippen LogP contribution in [-0.2, 0) is 16.0 Å². The third-order valence-corrected chi connectivity index (χ3v) is 5.41. The first-order valence-electron chi connectivity index (χ1n) is 11.3. The number of carbonyl (C=O) groups is 2. The molecule has 0 saturated carbocycles. The molecule has 2 rings (SSSR count). The Bertz CT molecular complexity index is 845. The van der Waals surface area contributed by atoms with Gasteiger partial charge in [0.1, 0.15) is 17.8 Å². The molecule has 0 aromatic heterocycles. The Hall–Kier alpha value is -2.62. The minimum atomic E-state index is -1.31. The molecular formula is C24H34F2N4O3. The van der Waals surface area contributed by atoms with Crippen molar-refractivity contribution in [3.8, 4) is 0 Å². The van der Waals surface area contributed by atoms with Gasteiger partial charge in [-0.05, 0) is 42.9 Å². The summed E-state index contributed by atoms with van der Waals surface area (Å²) in [6.07, 6.45) is 1.66. The zero-order valence-electron chi connectivity index (χ0n) is 18.7. The van der Waals surface area contributed by atoms with Gasteiger partial charge in [-0.2, -0.15) is 0 Å². The van der Waals surface area contributed by atoms with E-state index in [4.69, 9.17) is 11.5 Å². The molecule has 33 heavy (non-hydrogen) atoms. The second kappa shape index (κ2) is 13.8. The number of hydrogen-bond donors (Lipinski definition) is 5. The smallest absolute Gasteiger partial charge is 0.250 e. The van der Waals surface area contributed by atoms with Gasteiger partial charge >= 0.3 is 0 Å². The fourth-order valence-corrected chi connectivity index (χ4v) is 3.55. The fourth-order valence-electron chi connectivity index (χ4n) is 3.55. The van der Waals surface area contributed by atoms with Gasteiger partial charge in [0.25, 0.3) is 0 Å². The number of aliphatic hydroxyl groups excluding tert-OH is 1. The van der Waals surface area contributed by atoms with Gasteiger partial charge in [0.2, 0.25) is 11.8 Å². The van der Waals surface area contributed by atoms with Gasteiger partial charge in [0, 0.05) is 44.4 Å². The first-order chi connectivity index (χ1) is 15.8. The van der Waals surface area contributed by atoms with Crippen molar-refractivity contribution in [1.29, 1.82) is 0 Å². The molecular weight excluding hydrogens is 430 g/mol. The average Bonchev–Trinajstić information content (AvgIpc) is 2.78. The molecule has 2 amide bonds. The number of carbonyl (C=O) groups excluding carboxylic acids is 2. The molecule has 1 aliphatic rings. The second-order valence-electron chi connectivity index (χ2n) is 8.34. The van der Waals surface area contributed by atoms with Crippen molar-refractivity contribution in [1.82, 2.24) is 10.6 Å². The molecule has 0 aliphatic heterocycles. The van der Waals surface area contributed by atoms with E-state index in [2.05, 4.69) is 10.6 Å². The number of nitrogens with one attached hydrogen (secondary N) is 2. The zero-order chi connectivity index (χ0) is 24.2. The van der Waals surface area contributed by atoms with Crippen LogP contribution in [0.25, 0.3) is 0 Å². The molecule has 3 unspecified atom stereocenters. The van der Waals surface area contributed by atoms with Gasteiger partial charge < -0.3 is 27.2 Å². The Morgan fingerprint density at radius 3 is 2.36 bits per heavy atom. The number of rotatable bonds is 13. The zero-order valence-corrected chi connectivity index (χ0v) is 18.7. The van der Waals surface area contributed by atoms with Crippen LogP contribution in [0.3, 0.4) is 0 Å². The van der Waals surface area contributed by atoms with E-state index in [-0.39, 0.29) is 48.8 Å². The topological polar surface area (TPSA) is 130 Å². The highest BCUT2D eigenvalue weighted by molar-refractivity contribution is 5.81. The Morgan fingerprint density at radius 2 is 1.67 bits per heavy atom. The minimum Gasteiger partial charge on any atom is -0.382 e. The monoisotopic (exact) mass is 464 g/mol. The summed E-state index contributed by atoms with van der Waals surface area (Å²) < 4.78 is 27.1. The molecule has 0 heterocycles. The van der Waals surface area contributed by atoms with Crippen LogP contribution in [0.2, 0.25) is 0 Å². The largest absolute Gasteiger partial charge is 0.382 e. The van der Waals surface area contributed by atoms with E-state index in [0.717, 1.165) is 11.6 Å². The molecule has 0 fully saturated rings. The molecule has 7 nitrogen and oxygen atoms in total. The summed E-state index contributed by atoms with van der Waals surface area (Å²) in [7, 11) is 0. The van der Waals surface area contributed by atoms with Crippen LogP contribution in [0.15, 0.2) is 53.6 Å². The third-order valence-electron chi connectivity index (χ3n) is 5.41. The predicted molar refractivity (Wildman–Crippen MR) is 123 cm³/mol. The molecule has 0 spiro atoms. The molecule has 1 aromatic rings. The predicted octanol–water partition coefficient (Wildman–Crippen LogP) is 1.91. The Balaban J connectivity index is 1.56. The molecule has 7 N–H and O–H groups in total. The van der Waals surface area contributed by atoms with Crippen molar-refractivity contribution in [2.45, 2.75) is 63.1 Å². The molecule has 0 radical (unpaired) electrons. The van der Waals surface area contributed by atoms with Gasteiger partial charge in [-0.25, -0.2) is 8.78 Å². The summed E-state index contributed by atoms with van der Waals surface area (Å²) in [4.78, 5) is 24.1. The number of benzene rings is 1. The number of allylic oxidation sites excluding steroid dienone is 3. The summed E-state index contributed by atoms with van der Waals surface area (Å²) in [5, 5.41) is 15.5. The van der Waals surface area contributed by atoms with Crippen molar-refractivity contribution in [2.24, 2.45) is 11.5 Å². The lowest BCUT2D eigenvalue weighted by atomic mass is 9.97. The molecule has 182 valence electrons. The van der Waals surface area contributed by atoms with Crippen molar-refractivity contribution in [3.63, 3.8) is 0 Å². The molecule has 3 atom stereocenters. The van der Waals surface area contributed by atoms with Crippen LogP contribution in [0.4, 0.5) is 8.78 Å². The fraction of sp³-hybridized carbons (Fsp3) is 0.500. The Morgan fingerprint density at radius 1 is 1.00 bits per heavy atom. The normalized spacial score (nSPS) is 16.6. The highest BCUT2D eigenvalue weighted by Crippen LogP contribution is 2.28. The lowest BCUT2D eigenvalue weighted by Gasteiger charge is -2.18. The third kappa shape index (κ3) is 9.81. The first kappa shape index (κ1) is 26.6. The lowest BCUT2D eigenvalue weighted by molar-refractivity contribution is -0.130. The van der Waals surface area contributed by atoms with Crippen molar-refractivity contribution < 1.29 is 23.5 Å². The standard InChI is InChI=1S/C24H34F2N4O3/c25-18-8-9-20(26)17(13-18)14-19(27)15-22(31)29-10-4-5-11-30-24(33)23(32)21(28)12-16-6-2-1-3-7-16/h1-3,6-7,13,19,21,23,32H,4-5,8-12,14-15,27-28H2,(H,29,31)(H,30,33). The molecule has 0 saturated heterocycles. The number of amides is 2. The maximum atomic E-state index is 13.7. The van der Waals surface area contributed by atoms with Crippen molar-refractivity contribution in [3.05, 3.63) is 59.2 Å². The van der Waals surface area contributed by atoms with E-state index < -0.39 is 24.1 Å². The van der Waals surface area contributed by atoms with E-state index in [1.165, 1.54) is 0 Å². The van der Waals surface area contributed by atoms with Crippen LogP contribution >= 0.6 is 0 Å². The maximum absolute atomic E-state index is 13.7. The van der Waals surface area contributed by atoms with Gasteiger partial charge in [-0.15, -0.1) is 0 Å². The minimum absolute atomic E-state index is 0.00840. The highest BCUT2D eigenvalue weighted by atomic mass is 19.1. The molecule has 9 heteroatoms. The van der Waals surface area contributed by atoms with E-state index in [9.17, 15) is 23.5 Å². The summed E-state index contributed by atoms with van der Waals surface area (Å²) in [5.74, 6) is -1.54. The number of hydrogen-bond acceptors (Lipinski definition) is 5. The SMILES string of the molecule is NC(CC(=O)NCCCCNC(=O)C(O)C(N)Cc1ccccc1)CC1=C(F)CCC(F)=C1. The van der Waals surface area contributed by atoms with Crippen molar-refractivity contribution in [2.75, 3.05) is 13.1 Å². The van der Waals surface area contributed by atoms with Crippen LogP contribution < -0.4 is 22.1 Å². The lowest BCUT2D eigenvalue weighted by Crippen LogP contribution is -2.47. The van der Waals surface area contributed by atoms with E-state index in [0.29, 0.717) is 32.4 Å². The number of unbranched alkanes of at least 4 members (excludes halogenated alkanes) is 1. The number of aliphatic hydroxyl groups is 1. The Kier molecular flexibility index (Phi) is 11.2. The molecule has 1 aliphatic carbocycles. The average molecular weight is 465 g/mol. The van der Waals surface area contributed by atoms with Crippen LogP contribution in [0.5, 0.6) is 0 Å². The maximum Gasteiger partial charge on any atom is 0.250 e. The molecule has 1 aromatic carbocycles. The summed E-state index contributed by atoms with van der Waals surface area (Å²) in [5.41, 5.74) is 13.0. The molecule has 0 bridgehead atoms. The first-order valence-corrected chi connectivity index (χ1v) is 11.3. The Labute approximate surface area is 193 Å². The van der Waals surface area contributed by atoms with Gasteiger partial charge in [0.15, 0.2) is 0 Å². The van der Waals surface area contributed by atoms with Gasteiger partial charge in [-0.3, -0.25) is 9.59 Å². The van der Waals surface area contributed by atoms with Gasteiger partial charge in [0.05, 0.1) is 0 Å². The summed E-state index contributed by atoms with van der Waals surface area (Å²) in [6.45, 7) is 0.734. The summed E-state index contributed by atoms with van der Waals surface area (Å²) in [6, 6.07) is 8.07. The number of nitrogens with two attached hydrogens (primary N) is 2. The summed E-state index contributed by atoms with van der Waals surface area (Å²) >= 11 is 0. The van der Waals surface area contributed by atoms with Crippen LogP contribution in [-0.4, -0.2) is 48.2 Å². The quantitative estimate of drug-likeness (QED) is 0.285. The van der Waals surface area contributed by atoms with E-state index in [1.807, 2.05) is 30.3 Å². The van der Waals surface area contributed by atoms with E-state index in [1.54, 1.807) is 0 Å². The van der Waals surface area contributed by atoms with Gasteiger partial charge in [-0.1, -0.05) is 30.3 Å². The van der Waals surface area contributed by atoms with Crippen LogP contribution in [0.1, 0.15) is 44.1 Å². The second-order valence-corrected chi connectivity index (χ2v) is 8.34. The number of halogens is 2. The van der Waals surface area contributed by atoms with Crippen molar-refractivity contribution >= 4 is 11.8 Å². The highest BCUT2D eigenvalue weighted by Gasteiger charge is 2.22. The van der Waals surface area contributed by atoms with E-state index >= 15 is 0 Å². The van der Waals surface area contributed by atoms with Crippen LogP contribution in [0, 0.1) is 0 Å².